The summed E-state index contributed by atoms with van der Waals surface area (Å²) < 4.78 is 10.8. The summed E-state index contributed by atoms with van der Waals surface area (Å²) in [6.07, 6.45) is 0.866. The zero-order valence-electron chi connectivity index (χ0n) is 12.6. The van der Waals surface area contributed by atoms with E-state index in [1.807, 2.05) is 25.1 Å². The average molecular weight is 293 g/mol. The van der Waals surface area contributed by atoms with Crippen molar-refractivity contribution < 1.29 is 14.3 Å². The Morgan fingerprint density at radius 2 is 2.29 bits per heavy atom. The molecule has 6 heteroatoms. The fourth-order valence-electron chi connectivity index (χ4n) is 2.36. The van der Waals surface area contributed by atoms with Gasteiger partial charge in [-0.25, -0.2) is 4.79 Å². The lowest BCUT2D eigenvalue weighted by Crippen LogP contribution is -2.39. The van der Waals surface area contributed by atoms with Crippen LogP contribution in [0.3, 0.4) is 0 Å². The Morgan fingerprint density at radius 3 is 2.90 bits per heavy atom. The molecular formula is C15H23N3O3. The second-order valence-corrected chi connectivity index (χ2v) is 5.07. The third-order valence-electron chi connectivity index (χ3n) is 3.48. The number of methoxy groups -OCH3 is 1. The number of nitrogens with two attached hydrogens (primary N) is 1. The Labute approximate surface area is 125 Å². The molecule has 2 amide bonds. The minimum Gasteiger partial charge on any atom is -0.493 e. The van der Waals surface area contributed by atoms with E-state index in [4.69, 9.17) is 15.2 Å². The third-order valence-corrected chi connectivity index (χ3v) is 3.48. The molecule has 0 aliphatic carbocycles. The zero-order valence-corrected chi connectivity index (χ0v) is 12.6. The summed E-state index contributed by atoms with van der Waals surface area (Å²) >= 11 is 0. The van der Waals surface area contributed by atoms with Crippen LogP contribution in [0.2, 0.25) is 0 Å². The van der Waals surface area contributed by atoms with Crippen molar-refractivity contribution in [2.45, 2.75) is 25.9 Å². The lowest BCUT2D eigenvalue weighted by Gasteiger charge is -2.17. The average Bonchev–Trinajstić information content (AvgIpc) is 2.92. The number of carbonyl (C=O) groups is 1. The van der Waals surface area contributed by atoms with E-state index in [9.17, 15) is 4.79 Å². The predicted molar refractivity (Wildman–Crippen MR) is 80.6 cm³/mol. The van der Waals surface area contributed by atoms with E-state index in [0.717, 1.165) is 18.5 Å². The van der Waals surface area contributed by atoms with Crippen LogP contribution in [-0.4, -0.2) is 43.8 Å². The van der Waals surface area contributed by atoms with Crippen molar-refractivity contribution in [1.29, 1.82) is 0 Å². The third kappa shape index (κ3) is 4.01. The fourth-order valence-corrected chi connectivity index (χ4v) is 2.36. The van der Waals surface area contributed by atoms with Gasteiger partial charge in [-0.1, -0.05) is 6.07 Å². The molecule has 1 heterocycles. The highest BCUT2D eigenvalue weighted by atomic mass is 16.5. The first-order chi connectivity index (χ1) is 10.1. The first kappa shape index (κ1) is 15.4. The molecule has 0 bridgehead atoms. The monoisotopic (exact) mass is 293 g/mol. The lowest BCUT2D eigenvalue weighted by molar-refractivity contribution is 0.208. The molecule has 6 nitrogen and oxygen atoms in total. The van der Waals surface area contributed by atoms with Crippen molar-refractivity contribution >= 4 is 6.03 Å². The molecule has 0 radical (unpaired) electrons. The van der Waals surface area contributed by atoms with E-state index in [2.05, 4.69) is 5.32 Å². The van der Waals surface area contributed by atoms with Gasteiger partial charge in [0.05, 0.1) is 13.7 Å². The summed E-state index contributed by atoms with van der Waals surface area (Å²) in [7, 11) is 1.61. The van der Waals surface area contributed by atoms with Gasteiger partial charge in [0.1, 0.15) is 0 Å². The molecule has 1 atom stereocenters. The molecule has 3 N–H and O–H groups in total. The summed E-state index contributed by atoms with van der Waals surface area (Å²) in [4.78, 5) is 13.7. The number of likely N-dealkylation sites (tertiary alicyclic amines) is 1. The van der Waals surface area contributed by atoms with Crippen LogP contribution in [-0.2, 0) is 6.54 Å². The Balaban J connectivity index is 1.93. The lowest BCUT2D eigenvalue weighted by atomic mass is 10.2. The number of nitrogens with one attached hydrogen (secondary N) is 1. The molecular weight excluding hydrogens is 270 g/mol. The number of amides is 2. The second-order valence-electron chi connectivity index (χ2n) is 5.07. The van der Waals surface area contributed by atoms with Gasteiger partial charge in [-0.3, -0.25) is 0 Å². The van der Waals surface area contributed by atoms with Gasteiger partial charge in [-0.15, -0.1) is 0 Å². The van der Waals surface area contributed by atoms with Crippen LogP contribution < -0.4 is 20.5 Å². The number of ether oxygens (including phenoxy) is 2. The molecule has 1 aromatic rings. The van der Waals surface area contributed by atoms with Crippen LogP contribution in [0.5, 0.6) is 11.5 Å². The van der Waals surface area contributed by atoms with Gasteiger partial charge >= 0.3 is 6.03 Å². The Hall–Kier alpha value is -1.95. The standard InChI is InChI=1S/C15H23N3O3/c1-3-21-14-8-11(4-5-13(14)20-2)9-17-15(19)18-7-6-12(16)10-18/h4-5,8,12H,3,6-7,9-10,16H2,1-2H3,(H,17,19). The van der Waals surface area contributed by atoms with Crippen LogP contribution in [0.15, 0.2) is 18.2 Å². The van der Waals surface area contributed by atoms with Crippen LogP contribution in [0, 0.1) is 0 Å². The van der Waals surface area contributed by atoms with E-state index in [-0.39, 0.29) is 12.1 Å². The van der Waals surface area contributed by atoms with E-state index < -0.39 is 0 Å². The summed E-state index contributed by atoms with van der Waals surface area (Å²) in [5.74, 6) is 1.38. The summed E-state index contributed by atoms with van der Waals surface area (Å²) in [6, 6.07) is 5.67. The maximum Gasteiger partial charge on any atom is 0.317 e. The van der Waals surface area contributed by atoms with Gasteiger partial charge in [0.25, 0.3) is 0 Å². The van der Waals surface area contributed by atoms with E-state index in [0.29, 0.717) is 31.2 Å². The Bertz CT molecular complexity index is 493. The van der Waals surface area contributed by atoms with Crippen molar-refractivity contribution in [1.82, 2.24) is 10.2 Å². The van der Waals surface area contributed by atoms with E-state index >= 15 is 0 Å². The molecule has 1 unspecified atom stereocenters. The predicted octanol–water partition coefficient (Wildman–Crippen LogP) is 1.34. The van der Waals surface area contributed by atoms with Gasteiger partial charge in [-0.2, -0.15) is 0 Å². The van der Waals surface area contributed by atoms with Crippen molar-refractivity contribution in [2.75, 3.05) is 26.8 Å². The Morgan fingerprint density at radius 1 is 1.48 bits per heavy atom. The second kappa shape index (κ2) is 7.17. The van der Waals surface area contributed by atoms with E-state index in [1.54, 1.807) is 12.0 Å². The van der Waals surface area contributed by atoms with Gasteiger partial charge in [0.2, 0.25) is 0 Å². The summed E-state index contributed by atoms with van der Waals surface area (Å²) in [6.45, 7) is 4.29. The van der Waals surface area contributed by atoms with Crippen molar-refractivity contribution in [3.8, 4) is 11.5 Å². The molecule has 1 aliphatic rings. The van der Waals surface area contributed by atoms with Gasteiger partial charge in [0.15, 0.2) is 11.5 Å². The molecule has 0 saturated carbocycles. The largest absolute Gasteiger partial charge is 0.493 e. The molecule has 1 saturated heterocycles. The minimum absolute atomic E-state index is 0.0725. The molecule has 116 valence electrons. The highest BCUT2D eigenvalue weighted by Gasteiger charge is 2.23. The first-order valence-electron chi connectivity index (χ1n) is 7.22. The number of hydrogen-bond acceptors (Lipinski definition) is 4. The van der Waals surface area contributed by atoms with Crippen molar-refractivity contribution in [2.24, 2.45) is 5.73 Å². The summed E-state index contributed by atoms with van der Waals surface area (Å²) in [5.41, 5.74) is 6.77. The fraction of sp³-hybridized carbons (Fsp3) is 0.533. The molecule has 0 spiro atoms. The number of nitrogens with zero attached hydrogens (tertiary/aromatic N) is 1. The molecule has 21 heavy (non-hydrogen) atoms. The SMILES string of the molecule is CCOc1cc(CNC(=O)N2CCC(N)C2)ccc1OC. The topological polar surface area (TPSA) is 76.8 Å². The zero-order chi connectivity index (χ0) is 15.2. The minimum atomic E-state index is -0.0725. The number of rotatable bonds is 5. The van der Waals surface area contributed by atoms with Gasteiger partial charge < -0.3 is 25.4 Å². The highest BCUT2D eigenvalue weighted by molar-refractivity contribution is 5.74. The summed E-state index contributed by atoms with van der Waals surface area (Å²) in [5, 5.41) is 2.90. The number of carbonyl (C=O) groups excluding carboxylic acids is 1. The molecule has 2 rings (SSSR count). The highest BCUT2D eigenvalue weighted by Crippen LogP contribution is 2.28. The molecule has 1 aliphatic heterocycles. The van der Waals surface area contributed by atoms with E-state index in [1.165, 1.54) is 0 Å². The number of hydrogen-bond donors (Lipinski definition) is 2. The van der Waals surface area contributed by atoms with Crippen LogP contribution >= 0.6 is 0 Å². The molecule has 1 aromatic carbocycles. The Kier molecular flexibility index (Phi) is 5.27. The number of benzene rings is 1. The van der Waals surface area contributed by atoms with Crippen LogP contribution in [0.25, 0.3) is 0 Å². The number of urea groups is 1. The molecule has 1 fully saturated rings. The quantitative estimate of drug-likeness (QED) is 0.859. The maximum atomic E-state index is 12.0. The first-order valence-corrected chi connectivity index (χ1v) is 7.22. The van der Waals surface area contributed by atoms with Crippen LogP contribution in [0.4, 0.5) is 4.79 Å². The maximum absolute atomic E-state index is 12.0. The normalized spacial score (nSPS) is 17.7. The van der Waals surface area contributed by atoms with Gasteiger partial charge in [-0.05, 0) is 31.0 Å². The van der Waals surface area contributed by atoms with Crippen LogP contribution in [0.1, 0.15) is 18.9 Å². The molecule has 0 aromatic heterocycles. The smallest absolute Gasteiger partial charge is 0.317 e. The van der Waals surface area contributed by atoms with Crippen molar-refractivity contribution in [3.05, 3.63) is 23.8 Å². The van der Waals surface area contributed by atoms with Gasteiger partial charge in [0, 0.05) is 25.7 Å². The van der Waals surface area contributed by atoms with Crippen molar-refractivity contribution in [3.63, 3.8) is 0 Å².